The van der Waals surface area contributed by atoms with Crippen LogP contribution in [0.5, 0.6) is 0 Å². The fourth-order valence-corrected chi connectivity index (χ4v) is 2.05. The number of hydrogen-bond acceptors (Lipinski definition) is 2. The largest absolute Gasteiger partial charge is 0.316 e. The van der Waals surface area contributed by atoms with E-state index >= 15 is 0 Å². The smallest absolute Gasteiger partial charge is 0.0653 e. The summed E-state index contributed by atoms with van der Waals surface area (Å²) in [6.07, 6.45) is 6.89. The molecule has 3 heteroatoms. The molecular weight excluding hydrogens is 210 g/mol. The van der Waals surface area contributed by atoms with Crippen molar-refractivity contribution in [3.63, 3.8) is 0 Å². The molecule has 0 aliphatic heterocycles. The average molecular weight is 237 g/mol. The molecule has 1 heterocycles. The molecule has 3 nitrogen and oxygen atoms in total. The van der Waals surface area contributed by atoms with Crippen molar-refractivity contribution in [1.29, 1.82) is 0 Å². The minimum Gasteiger partial charge on any atom is -0.316 e. The third-order valence-electron chi connectivity index (χ3n) is 2.93. The van der Waals surface area contributed by atoms with E-state index in [0.29, 0.717) is 0 Å². The molecule has 17 heavy (non-hydrogen) atoms. The summed E-state index contributed by atoms with van der Waals surface area (Å²) < 4.78 is 1.94. The predicted molar refractivity (Wildman–Crippen MR) is 73.2 cm³/mol. The van der Waals surface area contributed by atoms with Gasteiger partial charge in [-0.15, -0.1) is 0 Å². The van der Waals surface area contributed by atoms with Crippen molar-refractivity contribution in [1.82, 2.24) is 15.1 Å². The van der Waals surface area contributed by atoms with Gasteiger partial charge in [-0.25, -0.2) is 0 Å². The number of rotatable bonds is 8. The van der Waals surface area contributed by atoms with Crippen LogP contribution in [0, 0.1) is 5.92 Å². The SMILES string of the molecule is CCc1nn(C)cc1CCCCNCC(C)C. The first-order valence-electron chi connectivity index (χ1n) is 6.85. The van der Waals surface area contributed by atoms with E-state index < -0.39 is 0 Å². The Morgan fingerprint density at radius 2 is 2.12 bits per heavy atom. The van der Waals surface area contributed by atoms with E-state index in [9.17, 15) is 0 Å². The molecule has 1 rings (SSSR count). The van der Waals surface area contributed by atoms with Gasteiger partial charge in [-0.2, -0.15) is 5.10 Å². The van der Waals surface area contributed by atoms with Crippen molar-refractivity contribution >= 4 is 0 Å². The van der Waals surface area contributed by atoms with E-state index in [0.717, 1.165) is 25.4 Å². The molecule has 0 atom stereocenters. The summed E-state index contributed by atoms with van der Waals surface area (Å²) >= 11 is 0. The Balaban J connectivity index is 2.17. The highest BCUT2D eigenvalue weighted by molar-refractivity contribution is 5.16. The molecule has 0 saturated carbocycles. The Morgan fingerprint density at radius 3 is 2.76 bits per heavy atom. The summed E-state index contributed by atoms with van der Waals surface area (Å²) in [5, 5.41) is 7.95. The molecule has 0 amide bonds. The van der Waals surface area contributed by atoms with E-state index in [2.05, 4.69) is 37.4 Å². The van der Waals surface area contributed by atoms with Crippen LogP contribution in [0.4, 0.5) is 0 Å². The van der Waals surface area contributed by atoms with Crippen molar-refractivity contribution in [3.8, 4) is 0 Å². The van der Waals surface area contributed by atoms with Crippen molar-refractivity contribution < 1.29 is 0 Å². The minimum atomic E-state index is 0.750. The van der Waals surface area contributed by atoms with Gasteiger partial charge < -0.3 is 5.32 Å². The third-order valence-corrected chi connectivity index (χ3v) is 2.93. The maximum Gasteiger partial charge on any atom is 0.0653 e. The lowest BCUT2D eigenvalue weighted by Crippen LogP contribution is -2.20. The van der Waals surface area contributed by atoms with Gasteiger partial charge in [0.25, 0.3) is 0 Å². The Hall–Kier alpha value is -0.830. The van der Waals surface area contributed by atoms with Crippen LogP contribution >= 0.6 is 0 Å². The molecule has 0 saturated heterocycles. The number of unbranched alkanes of at least 4 members (excludes halogenated alkanes) is 1. The van der Waals surface area contributed by atoms with Gasteiger partial charge in [-0.1, -0.05) is 20.8 Å². The lowest BCUT2D eigenvalue weighted by Gasteiger charge is -2.06. The lowest BCUT2D eigenvalue weighted by molar-refractivity contribution is 0.535. The van der Waals surface area contributed by atoms with Gasteiger partial charge >= 0.3 is 0 Å². The van der Waals surface area contributed by atoms with Crippen LogP contribution in [0.25, 0.3) is 0 Å². The lowest BCUT2D eigenvalue weighted by atomic mass is 10.1. The molecule has 1 N–H and O–H groups in total. The van der Waals surface area contributed by atoms with Crippen molar-refractivity contribution in [2.45, 2.75) is 46.5 Å². The van der Waals surface area contributed by atoms with E-state index in [-0.39, 0.29) is 0 Å². The first-order chi connectivity index (χ1) is 8.13. The monoisotopic (exact) mass is 237 g/mol. The Morgan fingerprint density at radius 1 is 1.35 bits per heavy atom. The zero-order valence-electron chi connectivity index (χ0n) is 11.8. The summed E-state index contributed by atoms with van der Waals surface area (Å²) in [4.78, 5) is 0. The number of aryl methyl sites for hydroxylation is 3. The first-order valence-corrected chi connectivity index (χ1v) is 6.85. The molecule has 0 spiro atoms. The first kappa shape index (κ1) is 14.2. The molecular formula is C14H27N3. The number of nitrogens with zero attached hydrogens (tertiary/aromatic N) is 2. The van der Waals surface area contributed by atoms with Gasteiger partial charge in [0.2, 0.25) is 0 Å². The summed E-state index contributed by atoms with van der Waals surface area (Å²) in [5.74, 6) is 0.750. The van der Waals surface area contributed by atoms with Crippen LogP contribution in [-0.4, -0.2) is 22.9 Å². The van der Waals surface area contributed by atoms with E-state index in [1.54, 1.807) is 0 Å². The summed E-state index contributed by atoms with van der Waals surface area (Å²) in [6, 6.07) is 0. The van der Waals surface area contributed by atoms with Crippen LogP contribution < -0.4 is 5.32 Å². The predicted octanol–water partition coefficient (Wildman–Crippen LogP) is 2.55. The topological polar surface area (TPSA) is 29.9 Å². The second-order valence-corrected chi connectivity index (χ2v) is 5.18. The second-order valence-electron chi connectivity index (χ2n) is 5.18. The van der Waals surface area contributed by atoms with Crippen LogP contribution in [-0.2, 0) is 19.9 Å². The molecule has 1 aromatic rings. The van der Waals surface area contributed by atoms with E-state index in [4.69, 9.17) is 0 Å². The molecule has 1 aromatic heterocycles. The molecule has 0 aliphatic carbocycles. The zero-order valence-corrected chi connectivity index (χ0v) is 11.8. The third kappa shape index (κ3) is 5.35. The highest BCUT2D eigenvalue weighted by atomic mass is 15.2. The summed E-state index contributed by atoms with van der Waals surface area (Å²) in [5.41, 5.74) is 2.70. The normalized spacial score (nSPS) is 11.4. The van der Waals surface area contributed by atoms with Gasteiger partial charge in [0.05, 0.1) is 5.69 Å². The highest BCUT2D eigenvalue weighted by Crippen LogP contribution is 2.10. The zero-order chi connectivity index (χ0) is 12.7. The van der Waals surface area contributed by atoms with E-state index in [1.807, 2.05) is 11.7 Å². The molecule has 0 radical (unpaired) electrons. The summed E-state index contributed by atoms with van der Waals surface area (Å²) in [7, 11) is 2.01. The minimum absolute atomic E-state index is 0.750. The Bertz CT molecular complexity index is 315. The maximum absolute atomic E-state index is 4.47. The highest BCUT2D eigenvalue weighted by Gasteiger charge is 2.04. The van der Waals surface area contributed by atoms with Crippen molar-refractivity contribution in [3.05, 3.63) is 17.5 Å². The van der Waals surface area contributed by atoms with Crippen LogP contribution in [0.3, 0.4) is 0 Å². The average Bonchev–Trinajstić information content (AvgIpc) is 2.63. The van der Waals surface area contributed by atoms with Gasteiger partial charge in [-0.3, -0.25) is 4.68 Å². The Labute approximate surface area is 106 Å². The van der Waals surface area contributed by atoms with Crippen LogP contribution in [0.15, 0.2) is 6.20 Å². The van der Waals surface area contributed by atoms with Gasteiger partial charge in [0.1, 0.15) is 0 Å². The number of hydrogen-bond donors (Lipinski definition) is 1. The molecule has 0 unspecified atom stereocenters. The van der Waals surface area contributed by atoms with Gasteiger partial charge in [-0.05, 0) is 50.3 Å². The second kappa shape index (κ2) is 7.49. The maximum atomic E-state index is 4.47. The van der Waals surface area contributed by atoms with Gasteiger partial charge in [0.15, 0.2) is 0 Å². The van der Waals surface area contributed by atoms with Crippen molar-refractivity contribution in [2.24, 2.45) is 13.0 Å². The van der Waals surface area contributed by atoms with Crippen LogP contribution in [0.2, 0.25) is 0 Å². The van der Waals surface area contributed by atoms with Crippen molar-refractivity contribution in [2.75, 3.05) is 13.1 Å². The molecule has 0 aliphatic rings. The fraction of sp³-hybridized carbons (Fsp3) is 0.786. The molecule has 0 bridgehead atoms. The Kier molecular flexibility index (Phi) is 6.27. The molecule has 0 fully saturated rings. The summed E-state index contributed by atoms with van der Waals surface area (Å²) in [6.45, 7) is 8.94. The van der Waals surface area contributed by atoms with Gasteiger partial charge in [0, 0.05) is 13.2 Å². The molecule has 98 valence electrons. The van der Waals surface area contributed by atoms with Crippen LogP contribution in [0.1, 0.15) is 44.9 Å². The fourth-order valence-electron chi connectivity index (χ4n) is 2.05. The number of nitrogens with one attached hydrogen (secondary N) is 1. The van der Waals surface area contributed by atoms with E-state index in [1.165, 1.54) is 30.5 Å². The number of aromatic nitrogens is 2. The quantitative estimate of drug-likeness (QED) is 0.704. The standard InChI is InChI=1S/C14H27N3/c1-5-14-13(11-17(4)16-14)8-6-7-9-15-10-12(2)3/h11-12,15H,5-10H2,1-4H3. The molecule has 0 aromatic carbocycles.